The molecule has 0 aliphatic rings. The van der Waals surface area contributed by atoms with Crippen molar-refractivity contribution in [3.63, 3.8) is 0 Å². The fourth-order valence-corrected chi connectivity index (χ4v) is 5.34. The van der Waals surface area contributed by atoms with Crippen LogP contribution in [-0.2, 0) is 4.57 Å². The average molecular weight is 415 g/mol. The summed E-state index contributed by atoms with van der Waals surface area (Å²) in [4.78, 5) is 12.1. The zero-order valence-corrected chi connectivity index (χ0v) is 20.6. The van der Waals surface area contributed by atoms with Gasteiger partial charge in [-0.1, -0.05) is 81.9 Å². The van der Waals surface area contributed by atoms with Gasteiger partial charge in [-0.2, -0.15) is 0 Å². The van der Waals surface area contributed by atoms with Gasteiger partial charge in [0.1, 0.15) is 0 Å². The van der Waals surface area contributed by atoms with Crippen LogP contribution < -0.4 is 4.89 Å². The second-order valence-electron chi connectivity index (χ2n) is 9.34. The summed E-state index contributed by atoms with van der Waals surface area (Å²) in [5.74, 6) is 0. The normalized spacial score (nSPS) is 15.1. The smallest absolute Gasteiger partial charge is 0.376 e. The number of allylic oxidation sites excluding steroid dienone is 2. The average Bonchev–Trinajstić information content (AvgIpc) is 2.62. The predicted octanol–water partition coefficient (Wildman–Crippen LogP) is 7.33. The molecule has 0 aromatic heterocycles. The molecule has 0 radical (unpaired) electrons. The van der Waals surface area contributed by atoms with Crippen LogP contribution in [0.1, 0.15) is 117 Å². The van der Waals surface area contributed by atoms with Crippen molar-refractivity contribution < 1.29 is 13.9 Å². The van der Waals surface area contributed by atoms with Crippen LogP contribution in [0, 0.1) is 0 Å². The molecule has 0 aromatic carbocycles. The van der Waals surface area contributed by atoms with Crippen molar-refractivity contribution in [1.82, 2.24) is 0 Å². The van der Waals surface area contributed by atoms with Crippen LogP contribution in [0.25, 0.3) is 0 Å². The van der Waals surface area contributed by atoms with Crippen molar-refractivity contribution in [2.45, 2.75) is 122 Å². The molecule has 0 fully saturated rings. The molecule has 0 amide bonds. The lowest BCUT2D eigenvalue weighted by Gasteiger charge is -2.39. The molecule has 3 nitrogen and oxygen atoms in total. The van der Waals surface area contributed by atoms with Crippen LogP contribution in [0.2, 0.25) is 0 Å². The highest BCUT2D eigenvalue weighted by atomic mass is 31.1. The molecule has 0 aliphatic heterocycles. The fourth-order valence-electron chi connectivity index (χ4n) is 4.10. The quantitative estimate of drug-likeness (QED) is 0.0960. The van der Waals surface area contributed by atoms with Gasteiger partial charge < -0.3 is 4.89 Å². The summed E-state index contributed by atoms with van der Waals surface area (Å²) in [6.07, 6.45) is 23.8. The Morgan fingerprint density at radius 1 is 0.714 bits per heavy atom. The number of unbranched alkanes of at least 4 members (excludes halogenated alkanes) is 11. The molecule has 0 rings (SSSR count). The molecule has 0 saturated heterocycles. The lowest BCUT2D eigenvalue weighted by atomic mass is 9.99. The van der Waals surface area contributed by atoms with Gasteiger partial charge in [0.2, 0.25) is 0 Å². The lowest BCUT2D eigenvalue weighted by Crippen LogP contribution is -2.55. The van der Waals surface area contributed by atoms with Gasteiger partial charge in [0.05, 0.1) is 21.1 Å². The van der Waals surface area contributed by atoms with Crippen molar-refractivity contribution in [1.29, 1.82) is 0 Å². The van der Waals surface area contributed by atoms with Gasteiger partial charge in [-0.3, -0.25) is 4.48 Å². The molecule has 0 N–H and O–H groups in total. The molecule has 4 heteroatoms. The Kier molecular flexibility index (Phi) is 16.4. The van der Waals surface area contributed by atoms with Gasteiger partial charge in [0.15, 0.2) is 0 Å². The summed E-state index contributed by atoms with van der Waals surface area (Å²) in [5.41, 5.74) is 0. The van der Waals surface area contributed by atoms with Crippen molar-refractivity contribution >= 4 is 8.03 Å². The molecule has 28 heavy (non-hydrogen) atoms. The van der Waals surface area contributed by atoms with Crippen LogP contribution in [0.4, 0.5) is 0 Å². The van der Waals surface area contributed by atoms with Crippen LogP contribution in [0.5, 0.6) is 0 Å². The highest BCUT2D eigenvalue weighted by Crippen LogP contribution is 2.45. The first-order valence-electron chi connectivity index (χ1n) is 11.9. The number of hydrogen-bond acceptors (Lipinski definition) is 2. The Morgan fingerprint density at radius 2 is 1.18 bits per heavy atom. The minimum atomic E-state index is -2.42. The zero-order valence-electron chi connectivity index (χ0n) is 19.7. The number of rotatable bonds is 19. The van der Waals surface area contributed by atoms with E-state index in [1.165, 1.54) is 70.6 Å². The molecule has 166 valence electrons. The highest BCUT2D eigenvalue weighted by Gasteiger charge is 2.53. The SMILES string of the molecule is CCCCCCC=CCCCCCCCCCC(CCC)([P+](=O)[O-])[N+](C)(C)C. The molecule has 0 spiro atoms. The largest absolute Gasteiger partial charge is 0.590 e. The van der Waals surface area contributed by atoms with E-state index in [0.717, 1.165) is 32.1 Å². The summed E-state index contributed by atoms with van der Waals surface area (Å²) in [5, 5.41) is -0.590. The minimum absolute atomic E-state index is 0.520. The Bertz CT molecular complexity index is 417. The highest BCUT2D eigenvalue weighted by molar-refractivity contribution is 7.38. The zero-order chi connectivity index (χ0) is 21.3. The molecule has 0 aromatic rings. The lowest BCUT2D eigenvalue weighted by molar-refractivity contribution is -0.910. The van der Waals surface area contributed by atoms with E-state index in [-0.39, 0.29) is 0 Å². The van der Waals surface area contributed by atoms with Crippen molar-refractivity contribution in [3.8, 4) is 0 Å². The van der Waals surface area contributed by atoms with Crippen LogP contribution in [0.15, 0.2) is 12.2 Å². The van der Waals surface area contributed by atoms with Gasteiger partial charge >= 0.3 is 8.03 Å². The maximum atomic E-state index is 12.1. The van der Waals surface area contributed by atoms with Gasteiger partial charge in [-0.05, 0) is 38.5 Å². The fraction of sp³-hybridized carbons (Fsp3) is 0.917. The molecule has 2 atom stereocenters. The molecule has 2 unspecified atom stereocenters. The first kappa shape index (κ1) is 27.8. The molecule has 0 aliphatic carbocycles. The Balaban J connectivity index is 3.80. The first-order valence-corrected chi connectivity index (χ1v) is 13.1. The topological polar surface area (TPSA) is 40.1 Å². The van der Waals surface area contributed by atoms with Crippen molar-refractivity contribution in [3.05, 3.63) is 12.2 Å². The van der Waals surface area contributed by atoms with E-state index < -0.39 is 13.3 Å². The Labute approximate surface area is 177 Å². The summed E-state index contributed by atoms with van der Waals surface area (Å²) in [7, 11) is 3.67. The summed E-state index contributed by atoms with van der Waals surface area (Å²) < 4.78 is 12.6. The van der Waals surface area contributed by atoms with E-state index in [9.17, 15) is 9.46 Å². The van der Waals surface area contributed by atoms with Gasteiger partial charge in [0.25, 0.3) is 5.28 Å². The Hall–Kier alpha value is -0.240. The molecular weight excluding hydrogens is 365 g/mol. The monoisotopic (exact) mass is 414 g/mol. The predicted molar refractivity (Wildman–Crippen MR) is 123 cm³/mol. The summed E-state index contributed by atoms with van der Waals surface area (Å²) in [6.45, 7) is 4.35. The van der Waals surface area contributed by atoms with Gasteiger partial charge in [0, 0.05) is 12.8 Å². The van der Waals surface area contributed by atoms with E-state index in [4.69, 9.17) is 0 Å². The van der Waals surface area contributed by atoms with E-state index in [0.29, 0.717) is 4.48 Å². The standard InChI is InChI=1S/C24H49NO2P/c1-6-8-9-10-11-12-13-14-15-16-17-18-19-20-21-23-24(22-7-2,28(26)27)25(3,4)5/h12-13H,6-11,14-23H2,1-5H3/q+1. The third-order valence-corrected chi connectivity index (χ3v) is 7.80. The van der Waals surface area contributed by atoms with Gasteiger partial charge in [-0.15, -0.1) is 0 Å². The van der Waals surface area contributed by atoms with Crippen molar-refractivity contribution in [2.24, 2.45) is 0 Å². The maximum Gasteiger partial charge on any atom is 0.376 e. The third-order valence-electron chi connectivity index (χ3n) is 6.08. The minimum Gasteiger partial charge on any atom is -0.590 e. The van der Waals surface area contributed by atoms with E-state index in [1.807, 2.05) is 21.1 Å². The molecule has 0 saturated carbocycles. The van der Waals surface area contributed by atoms with Gasteiger partial charge in [-0.25, -0.2) is 0 Å². The Morgan fingerprint density at radius 3 is 1.61 bits per heavy atom. The number of quaternary nitrogens is 1. The molecule has 0 bridgehead atoms. The summed E-state index contributed by atoms with van der Waals surface area (Å²) >= 11 is 0. The van der Waals surface area contributed by atoms with Crippen LogP contribution >= 0.6 is 8.03 Å². The number of nitrogens with zero attached hydrogens (tertiary/aromatic N) is 1. The second-order valence-corrected chi connectivity index (χ2v) is 10.7. The summed E-state index contributed by atoms with van der Waals surface area (Å²) in [6, 6.07) is 0. The molecule has 0 heterocycles. The van der Waals surface area contributed by atoms with E-state index in [2.05, 4.69) is 26.0 Å². The number of hydrogen-bond donors (Lipinski definition) is 0. The van der Waals surface area contributed by atoms with Crippen LogP contribution in [-0.4, -0.2) is 30.9 Å². The van der Waals surface area contributed by atoms with Crippen LogP contribution in [0.3, 0.4) is 0 Å². The second kappa shape index (κ2) is 16.5. The third kappa shape index (κ3) is 11.7. The van der Waals surface area contributed by atoms with E-state index >= 15 is 0 Å². The molecular formula is C24H49NO2P+. The van der Waals surface area contributed by atoms with E-state index in [1.54, 1.807) is 0 Å². The first-order chi connectivity index (χ1) is 13.3. The maximum absolute atomic E-state index is 12.1. The van der Waals surface area contributed by atoms with Crippen molar-refractivity contribution in [2.75, 3.05) is 21.1 Å².